The van der Waals surface area contributed by atoms with Crippen molar-refractivity contribution in [2.45, 2.75) is 52.9 Å². The summed E-state index contributed by atoms with van der Waals surface area (Å²) >= 11 is 1.73. The molecule has 0 spiro atoms. The summed E-state index contributed by atoms with van der Waals surface area (Å²) in [4.78, 5) is 4.49. The lowest BCUT2D eigenvalue weighted by atomic mass is 9.78. The van der Waals surface area contributed by atoms with Gasteiger partial charge in [-0.3, -0.25) is 0 Å². The molecular weight excluding hydrogens is 228 g/mol. The van der Waals surface area contributed by atoms with Crippen LogP contribution in [0.25, 0.3) is 0 Å². The topological polar surface area (TPSA) is 24.9 Å². The first-order chi connectivity index (χ1) is 8.10. The van der Waals surface area contributed by atoms with Crippen LogP contribution in [-0.2, 0) is 0 Å². The Morgan fingerprint density at radius 1 is 1.41 bits per heavy atom. The van der Waals surface area contributed by atoms with Crippen LogP contribution < -0.4 is 5.32 Å². The van der Waals surface area contributed by atoms with E-state index in [-0.39, 0.29) is 0 Å². The first-order valence-corrected chi connectivity index (χ1v) is 7.64. The third-order valence-corrected chi connectivity index (χ3v) is 4.66. The molecule has 1 N–H and O–H groups in total. The second kappa shape index (κ2) is 5.38. The van der Waals surface area contributed by atoms with Crippen LogP contribution in [0.15, 0.2) is 5.38 Å². The quantitative estimate of drug-likeness (QED) is 0.836. The number of rotatable bonds is 5. The molecule has 1 heterocycles. The van der Waals surface area contributed by atoms with Gasteiger partial charge in [0, 0.05) is 11.9 Å². The van der Waals surface area contributed by atoms with E-state index in [1.165, 1.54) is 32.1 Å². The molecule has 0 atom stereocenters. The lowest BCUT2D eigenvalue weighted by Gasteiger charge is -2.31. The Morgan fingerprint density at radius 2 is 2.12 bits per heavy atom. The monoisotopic (exact) mass is 252 g/mol. The zero-order valence-corrected chi connectivity index (χ0v) is 12.1. The van der Waals surface area contributed by atoms with Gasteiger partial charge in [0.25, 0.3) is 0 Å². The minimum atomic E-state index is 0.535. The third kappa shape index (κ3) is 3.44. The van der Waals surface area contributed by atoms with Gasteiger partial charge in [-0.25, -0.2) is 4.98 Å². The smallest absolute Gasteiger partial charge is 0.182 e. The number of anilines is 1. The van der Waals surface area contributed by atoms with Crippen molar-refractivity contribution in [3.8, 4) is 0 Å². The van der Waals surface area contributed by atoms with Gasteiger partial charge >= 0.3 is 0 Å². The third-order valence-electron chi connectivity index (χ3n) is 3.74. The number of nitrogens with one attached hydrogen (secondary N) is 1. The number of aromatic nitrogens is 1. The Bertz CT molecular complexity index is 351. The average molecular weight is 252 g/mol. The van der Waals surface area contributed by atoms with E-state index in [1.807, 2.05) is 0 Å². The molecule has 0 aliphatic heterocycles. The highest BCUT2D eigenvalue weighted by Gasteiger charge is 2.34. The highest BCUT2D eigenvalue weighted by atomic mass is 32.1. The molecule has 96 valence electrons. The molecular formula is C14H24N2S. The van der Waals surface area contributed by atoms with E-state index < -0.39 is 0 Å². The normalized spacial score (nSPS) is 18.8. The van der Waals surface area contributed by atoms with E-state index >= 15 is 0 Å². The minimum Gasteiger partial charge on any atom is -0.361 e. The van der Waals surface area contributed by atoms with E-state index in [1.54, 1.807) is 11.3 Å². The van der Waals surface area contributed by atoms with E-state index in [0.717, 1.165) is 23.3 Å². The maximum Gasteiger partial charge on any atom is 0.182 e. The fourth-order valence-electron chi connectivity index (χ4n) is 3.14. The predicted octanol–water partition coefficient (Wildman–Crippen LogP) is 4.47. The van der Waals surface area contributed by atoms with Crippen LogP contribution in [-0.4, -0.2) is 11.5 Å². The summed E-state index contributed by atoms with van der Waals surface area (Å²) in [6.07, 6.45) is 6.95. The summed E-state index contributed by atoms with van der Waals surface area (Å²) in [5.41, 5.74) is 1.66. The molecule has 1 fully saturated rings. The van der Waals surface area contributed by atoms with Gasteiger partial charge in [-0.05, 0) is 37.5 Å². The SMILES string of the molecule is Cc1csc(NCC2(CC(C)C)CCCC2)n1. The summed E-state index contributed by atoms with van der Waals surface area (Å²) in [6, 6.07) is 0. The molecule has 1 aliphatic carbocycles. The lowest BCUT2D eigenvalue weighted by molar-refractivity contribution is 0.252. The molecule has 0 unspecified atom stereocenters. The van der Waals surface area contributed by atoms with Crippen molar-refractivity contribution in [2.24, 2.45) is 11.3 Å². The molecule has 3 heteroatoms. The van der Waals surface area contributed by atoms with Crippen LogP contribution in [0.2, 0.25) is 0 Å². The molecule has 0 amide bonds. The van der Waals surface area contributed by atoms with Crippen LogP contribution >= 0.6 is 11.3 Å². The number of hydrogen-bond acceptors (Lipinski definition) is 3. The van der Waals surface area contributed by atoms with E-state index in [4.69, 9.17) is 0 Å². The van der Waals surface area contributed by atoms with Gasteiger partial charge in [-0.1, -0.05) is 26.7 Å². The molecule has 0 aromatic carbocycles. The van der Waals surface area contributed by atoms with Gasteiger partial charge in [0.1, 0.15) is 0 Å². The number of hydrogen-bond donors (Lipinski definition) is 1. The molecule has 0 bridgehead atoms. The first-order valence-electron chi connectivity index (χ1n) is 6.76. The van der Waals surface area contributed by atoms with Crippen LogP contribution in [0.1, 0.15) is 51.6 Å². The van der Waals surface area contributed by atoms with E-state index in [2.05, 4.69) is 36.5 Å². The highest BCUT2D eigenvalue weighted by molar-refractivity contribution is 7.13. The standard InChI is InChI=1S/C14H24N2S/c1-11(2)8-14(6-4-5-7-14)10-15-13-16-12(3)9-17-13/h9,11H,4-8,10H2,1-3H3,(H,15,16). The van der Waals surface area contributed by atoms with Gasteiger partial charge < -0.3 is 5.32 Å². The zero-order chi connectivity index (χ0) is 12.3. The van der Waals surface area contributed by atoms with Crippen LogP contribution in [0.3, 0.4) is 0 Å². The molecule has 2 nitrogen and oxygen atoms in total. The Morgan fingerprint density at radius 3 is 2.65 bits per heavy atom. The van der Waals surface area contributed by atoms with Crippen molar-refractivity contribution in [1.29, 1.82) is 0 Å². The molecule has 1 aromatic heterocycles. The van der Waals surface area contributed by atoms with Crippen molar-refractivity contribution < 1.29 is 0 Å². The molecule has 0 radical (unpaired) electrons. The molecule has 2 rings (SSSR count). The summed E-state index contributed by atoms with van der Waals surface area (Å²) in [5.74, 6) is 0.799. The number of aryl methyl sites for hydroxylation is 1. The van der Waals surface area contributed by atoms with Crippen LogP contribution in [0, 0.1) is 18.3 Å². The maximum atomic E-state index is 4.49. The van der Waals surface area contributed by atoms with E-state index in [0.29, 0.717) is 5.41 Å². The Kier molecular flexibility index (Phi) is 4.08. The fraction of sp³-hybridized carbons (Fsp3) is 0.786. The molecule has 1 saturated carbocycles. The number of nitrogens with zero attached hydrogens (tertiary/aromatic N) is 1. The minimum absolute atomic E-state index is 0.535. The Labute approximate surface area is 109 Å². The van der Waals surface area contributed by atoms with Crippen LogP contribution in [0.4, 0.5) is 5.13 Å². The predicted molar refractivity (Wildman–Crippen MR) is 75.7 cm³/mol. The second-order valence-corrected chi connectivity index (χ2v) is 6.81. The summed E-state index contributed by atoms with van der Waals surface area (Å²) < 4.78 is 0. The van der Waals surface area contributed by atoms with Crippen molar-refractivity contribution in [3.05, 3.63) is 11.1 Å². The molecule has 0 saturated heterocycles. The fourth-order valence-corrected chi connectivity index (χ4v) is 3.83. The highest BCUT2D eigenvalue weighted by Crippen LogP contribution is 2.43. The van der Waals surface area contributed by atoms with Gasteiger partial charge in [0.05, 0.1) is 5.69 Å². The van der Waals surface area contributed by atoms with Crippen molar-refractivity contribution in [3.63, 3.8) is 0 Å². The zero-order valence-electron chi connectivity index (χ0n) is 11.3. The first kappa shape index (κ1) is 12.9. The lowest BCUT2D eigenvalue weighted by Crippen LogP contribution is -2.28. The average Bonchev–Trinajstić information content (AvgIpc) is 2.85. The van der Waals surface area contributed by atoms with Crippen molar-refractivity contribution in [1.82, 2.24) is 4.98 Å². The van der Waals surface area contributed by atoms with E-state index in [9.17, 15) is 0 Å². The largest absolute Gasteiger partial charge is 0.361 e. The van der Waals surface area contributed by atoms with Gasteiger partial charge in [0.15, 0.2) is 5.13 Å². The Balaban J connectivity index is 1.94. The second-order valence-electron chi connectivity index (χ2n) is 5.95. The Hall–Kier alpha value is -0.570. The van der Waals surface area contributed by atoms with Gasteiger partial charge in [-0.15, -0.1) is 11.3 Å². The van der Waals surface area contributed by atoms with Crippen molar-refractivity contribution >= 4 is 16.5 Å². The van der Waals surface area contributed by atoms with Gasteiger partial charge in [0.2, 0.25) is 0 Å². The summed E-state index contributed by atoms with van der Waals surface area (Å²) in [5, 5.41) is 6.77. The summed E-state index contributed by atoms with van der Waals surface area (Å²) in [6.45, 7) is 7.85. The number of thiazole rings is 1. The van der Waals surface area contributed by atoms with Gasteiger partial charge in [-0.2, -0.15) is 0 Å². The van der Waals surface area contributed by atoms with Crippen molar-refractivity contribution in [2.75, 3.05) is 11.9 Å². The summed E-state index contributed by atoms with van der Waals surface area (Å²) in [7, 11) is 0. The maximum absolute atomic E-state index is 4.49. The molecule has 17 heavy (non-hydrogen) atoms. The molecule has 1 aliphatic rings. The van der Waals surface area contributed by atoms with Crippen LogP contribution in [0.5, 0.6) is 0 Å². The molecule has 1 aromatic rings.